The molecule has 0 amide bonds. The predicted octanol–water partition coefficient (Wildman–Crippen LogP) is 9.88. The molecule has 5 aromatic rings. The summed E-state index contributed by atoms with van der Waals surface area (Å²) in [6.07, 6.45) is 5.49. The van der Waals surface area contributed by atoms with E-state index in [2.05, 4.69) is 109 Å². The molecular weight excluding hydrogens is 570 g/mol. The highest BCUT2D eigenvalue weighted by atomic mass is 16.5. The summed E-state index contributed by atoms with van der Waals surface area (Å²) in [7, 11) is 0. The van der Waals surface area contributed by atoms with Gasteiger partial charge in [0.05, 0.1) is 13.2 Å². The van der Waals surface area contributed by atoms with Crippen LogP contribution in [-0.4, -0.2) is 36.6 Å². The largest absolute Gasteiger partial charge is 0.494 e. The maximum absolute atomic E-state index is 8.93. The molecule has 5 aromatic carbocycles. The quantitative estimate of drug-likeness (QED) is 0.102. The summed E-state index contributed by atoms with van der Waals surface area (Å²) in [6.45, 7) is 3.92. The van der Waals surface area contributed by atoms with E-state index in [1.165, 1.54) is 5.56 Å². The van der Waals surface area contributed by atoms with Crippen molar-refractivity contribution in [3.05, 3.63) is 127 Å². The van der Waals surface area contributed by atoms with E-state index in [9.17, 15) is 0 Å². The van der Waals surface area contributed by atoms with Crippen molar-refractivity contribution in [2.45, 2.75) is 45.4 Å². The van der Waals surface area contributed by atoms with Crippen molar-refractivity contribution < 1.29 is 19.7 Å². The van der Waals surface area contributed by atoms with Crippen LogP contribution in [0, 0.1) is 6.92 Å². The molecule has 0 atom stereocenters. The first-order chi connectivity index (χ1) is 22.6. The molecule has 238 valence electrons. The van der Waals surface area contributed by atoms with E-state index in [1.807, 2.05) is 24.3 Å². The van der Waals surface area contributed by atoms with E-state index in [-0.39, 0.29) is 13.2 Å². The van der Waals surface area contributed by atoms with Gasteiger partial charge in [-0.2, -0.15) is 0 Å². The third-order valence-corrected chi connectivity index (χ3v) is 8.06. The molecule has 5 heteroatoms. The van der Waals surface area contributed by atoms with Crippen LogP contribution in [0.25, 0.3) is 22.3 Å². The molecule has 0 heterocycles. The minimum Gasteiger partial charge on any atom is -0.494 e. The Labute approximate surface area is 273 Å². The van der Waals surface area contributed by atoms with Gasteiger partial charge in [0.15, 0.2) is 0 Å². The lowest BCUT2D eigenvalue weighted by Gasteiger charge is -2.26. The van der Waals surface area contributed by atoms with Crippen LogP contribution in [0.5, 0.6) is 11.5 Å². The van der Waals surface area contributed by atoms with Gasteiger partial charge in [-0.25, -0.2) is 0 Å². The molecule has 0 saturated carbocycles. The Morgan fingerprint density at radius 1 is 0.413 bits per heavy atom. The topological polar surface area (TPSA) is 62.2 Å². The van der Waals surface area contributed by atoms with E-state index >= 15 is 0 Å². The first-order valence-corrected chi connectivity index (χ1v) is 16.4. The summed E-state index contributed by atoms with van der Waals surface area (Å²) < 4.78 is 11.7. The number of aliphatic hydroxyl groups excluding tert-OH is 2. The molecule has 0 unspecified atom stereocenters. The summed E-state index contributed by atoms with van der Waals surface area (Å²) in [5.74, 6) is 1.74. The van der Waals surface area contributed by atoms with Crippen LogP contribution in [0.1, 0.15) is 44.1 Å². The van der Waals surface area contributed by atoms with Gasteiger partial charge in [0.2, 0.25) is 0 Å². The van der Waals surface area contributed by atoms with Gasteiger partial charge < -0.3 is 24.6 Å². The minimum atomic E-state index is 0.239. The van der Waals surface area contributed by atoms with Crippen LogP contribution in [0.3, 0.4) is 0 Å². The lowest BCUT2D eigenvalue weighted by Crippen LogP contribution is -2.09. The SMILES string of the molecule is Cc1ccc(N(c2ccc(-c3ccc(OCCCCCO)cc3)cc2)c2ccc(-c3ccc(OCCCCCO)cc3)cc2)cc1. The lowest BCUT2D eigenvalue weighted by molar-refractivity contribution is 0.265. The van der Waals surface area contributed by atoms with Crippen molar-refractivity contribution in [2.24, 2.45) is 0 Å². The van der Waals surface area contributed by atoms with Gasteiger partial charge in [0.25, 0.3) is 0 Å². The Balaban J connectivity index is 1.29. The van der Waals surface area contributed by atoms with Crippen molar-refractivity contribution >= 4 is 17.1 Å². The second-order valence-corrected chi connectivity index (χ2v) is 11.6. The minimum absolute atomic E-state index is 0.239. The van der Waals surface area contributed by atoms with E-state index in [0.717, 1.165) is 89.3 Å². The number of nitrogens with zero attached hydrogens (tertiary/aromatic N) is 1. The zero-order valence-corrected chi connectivity index (χ0v) is 26.8. The van der Waals surface area contributed by atoms with E-state index < -0.39 is 0 Å². The Morgan fingerprint density at radius 2 is 0.739 bits per heavy atom. The smallest absolute Gasteiger partial charge is 0.119 e. The first kappa shape index (κ1) is 32.8. The monoisotopic (exact) mass is 615 g/mol. The average Bonchev–Trinajstić information content (AvgIpc) is 3.10. The number of benzene rings is 5. The molecule has 0 spiro atoms. The molecule has 0 bridgehead atoms. The van der Waals surface area contributed by atoms with Crippen LogP contribution in [0.15, 0.2) is 121 Å². The van der Waals surface area contributed by atoms with E-state index in [1.54, 1.807) is 0 Å². The highest BCUT2D eigenvalue weighted by Crippen LogP contribution is 2.37. The van der Waals surface area contributed by atoms with Gasteiger partial charge in [-0.3, -0.25) is 0 Å². The van der Waals surface area contributed by atoms with Crippen molar-refractivity contribution in [3.63, 3.8) is 0 Å². The number of ether oxygens (including phenoxy) is 2. The maximum Gasteiger partial charge on any atom is 0.119 e. The Morgan fingerprint density at radius 3 is 1.09 bits per heavy atom. The number of aliphatic hydroxyl groups is 2. The fraction of sp³-hybridized carbons (Fsp3) is 0.268. The fourth-order valence-corrected chi connectivity index (χ4v) is 5.40. The second kappa shape index (κ2) is 17.2. The molecule has 0 aliphatic carbocycles. The normalized spacial score (nSPS) is 10.9. The number of hydrogen-bond acceptors (Lipinski definition) is 5. The summed E-state index contributed by atoms with van der Waals surface area (Å²) in [6, 6.07) is 42.6. The van der Waals surface area contributed by atoms with Gasteiger partial charge in [-0.15, -0.1) is 0 Å². The molecule has 46 heavy (non-hydrogen) atoms. The highest BCUT2D eigenvalue weighted by molar-refractivity contribution is 5.80. The third kappa shape index (κ3) is 9.23. The zero-order valence-electron chi connectivity index (χ0n) is 26.8. The zero-order chi connectivity index (χ0) is 32.0. The van der Waals surface area contributed by atoms with Gasteiger partial charge in [-0.1, -0.05) is 66.2 Å². The van der Waals surface area contributed by atoms with Gasteiger partial charge in [0.1, 0.15) is 11.5 Å². The number of hydrogen-bond donors (Lipinski definition) is 2. The molecular formula is C41H45NO4. The van der Waals surface area contributed by atoms with Crippen LogP contribution < -0.4 is 14.4 Å². The molecule has 0 aliphatic heterocycles. The number of anilines is 3. The number of aryl methyl sites for hydroxylation is 1. The Hall–Kier alpha value is -4.58. The molecule has 5 nitrogen and oxygen atoms in total. The van der Waals surface area contributed by atoms with Crippen molar-refractivity contribution in [3.8, 4) is 33.8 Å². The standard InChI is InChI=1S/C41H45NO4/c1-32-8-18-37(19-9-32)42(38-20-10-33(11-21-38)35-14-24-40(25-15-35)45-30-6-2-4-28-43)39-22-12-34(13-23-39)36-16-26-41(27-17-36)46-31-7-3-5-29-44/h8-27,43-44H,2-7,28-31H2,1H3. The highest BCUT2D eigenvalue weighted by Gasteiger charge is 2.13. The van der Waals surface area contributed by atoms with Crippen molar-refractivity contribution in [2.75, 3.05) is 31.3 Å². The van der Waals surface area contributed by atoms with Crippen LogP contribution in [0.4, 0.5) is 17.1 Å². The fourth-order valence-electron chi connectivity index (χ4n) is 5.40. The predicted molar refractivity (Wildman–Crippen MR) is 190 cm³/mol. The number of rotatable bonds is 17. The molecule has 0 saturated heterocycles. The number of unbranched alkanes of at least 4 members (excludes halogenated alkanes) is 4. The van der Waals surface area contributed by atoms with Crippen molar-refractivity contribution in [1.82, 2.24) is 0 Å². The van der Waals surface area contributed by atoms with Gasteiger partial charge >= 0.3 is 0 Å². The summed E-state index contributed by atoms with van der Waals surface area (Å²) in [4.78, 5) is 2.29. The van der Waals surface area contributed by atoms with Gasteiger partial charge in [0, 0.05) is 30.3 Å². The molecule has 0 radical (unpaired) electrons. The molecule has 0 fully saturated rings. The first-order valence-electron chi connectivity index (χ1n) is 16.4. The Bertz CT molecular complexity index is 1480. The van der Waals surface area contributed by atoms with E-state index in [0.29, 0.717) is 13.2 Å². The molecule has 0 aliphatic rings. The summed E-state index contributed by atoms with van der Waals surface area (Å²) in [5, 5.41) is 17.9. The summed E-state index contributed by atoms with van der Waals surface area (Å²) >= 11 is 0. The van der Waals surface area contributed by atoms with E-state index in [4.69, 9.17) is 19.7 Å². The van der Waals surface area contributed by atoms with Crippen molar-refractivity contribution in [1.29, 1.82) is 0 Å². The lowest BCUT2D eigenvalue weighted by atomic mass is 10.0. The summed E-state index contributed by atoms with van der Waals surface area (Å²) in [5.41, 5.74) is 9.08. The third-order valence-electron chi connectivity index (χ3n) is 8.06. The second-order valence-electron chi connectivity index (χ2n) is 11.6. The average molecular weight is 616 g/mol. The van der Waals surface area contributed by atoms with Crippen LogP contribution in [-0.2, 0) is 0 Å². The van der Waals surface area contributed by atoms with Crippen LogP contribution >= 0.6 is 0 Å². The molecule has 5 rings (SSSR count). The van der Waals surface area contributed by atoms with Gasteiger partial charge in [-0.05, 0) is 128 Å². The Kier molecular flexibility index (Phi) is 12.3. The van der Waals surface area contributed by atoms with Crippen LogP contribution in [0.2, 0.25) is 0 Å². The maximum atomic E-state index is 8.93. The molecule has 2 N–H and O–H groups in total. The molecule has 0 aromatic heterocycles.